The number of halogens is 1. The second-order valence-electron chi connectivity index (χ2n) is 13.1. The zero-order chi connectivity index (χ0) is 34.0. The van der Waals surface area contributed by atoms with Gasteiger partial charge in [0.05, 0.1) is 37.1 Å². The fourth-order valence-electron chi connectivity index (χ4n) is 7.44. The van der Waals surface area contributed by atoms with Crippen molar-refractivity contribution in [1.82, 2.24) is 10.2 Å². The van der Waals surface area contributed by atoms with E-state index in [0.717, 1.165) is 10.8 Å². The zero-order valence-electron chi connectivity index (χ0n) is 27.1. The van der Waals surface area contributed by atoms with Gasteiger partial charge in [0.15, 0.2) is 0 Å². The number of likely N-dealkylation sites (tertiary alicyclic amines) is 1. The average Bonchev–Trinajstić information content (AvgIpc) is 3.64. The number of hydrogen-bond acceptors (Lipinski definition) is 7. The van der Waals surface area contributed by atoms with Crippen LogP contribution in [-0.4, -0.2) is 88.1 Å². The predicted octanol–water partition coefficient (Wildman–Crippen LogP) is 4.14. The van der Waals surface area contributed by atoms with Crippen molar-refractivity contribution in [2.24, 2.45) is 17.8 Å². The molecule has 2 N–H and O–H groups in total. The number of esters is 1. The first-order chi connectivity index (χ1) is 22.5. The van der Waals surface area contributed by atoms with Crippen molar-refractivity contribution in [3.05, 3.63) is 67.8 Å². The highest BCUT2D eigenvalue weighted by atomic mass is 79.9. The van der Waals surface area contributed by atoms with Gasteiger partial charge < -0.3 is 29.7 Å². The number of rotatable bonds is 14. The smallest absolute Gasteiger partial charge is 0.312 e. The van der Waals surface area contributed by atoms with E-state index in [0.29, 0.717) is 18.5 Å². The third-order valence-electron chi connectivity index (χ3n) is 9.65. The molecule has 2 aromatic rings. The first-order valence-corrected chi connectivity index (χ1v) is 17.1. The molecule has 8 atom stereocenters. The van der Waals surface area contributed by atoms with Crippen molar-refractivity contribution < 1.29 is 33.8 Å². The molecular weight excluding hydrogens is 666 g/mol. The Bertz CT molecular complexity index is 1550. The van der Waals surface area contributed by atoms with Crippen LogP contribution in [0.3, 0.4) is 0 Å². The number of amides is 3. The molecule has 0 saturated carbocycles. The number of nitrogens with zero attached hydrogens (tertiary/aromatic N) is 2. The molecule has 0 aromatic heterocycles. The Labute approximate surface area is 284 Å². The molecule has 0 aliphatic carbocycles. The monoisotopic (exact) mass is 709 g/mol. The standard InChI is InChI=1S/C36H44BrN3O7/c1-6-8-13-28(42)38-19-22(5)46-35(45)29-30-33(43)40(27(20-41)21(3)4)32(36(30)18-26(37)31(29)47-36)34(44)39(16-7-2)25-15-14-23-11-9-10-12-24(23)17-25/h6-7,9-12,14-15,17,21-22,26-27,29-32,41H,1-2,8,13,16,18-20H2,3-5H3,(H,38,42)/t22-,26?,27-,29+,30-,31+,32+,36-/m0/s1. The van der Waals surface area contributed by atoms with E-state index >= 15 is 0 Å². The number of hydrogen-bond donors (Lipinski definition) is 2. The number of allylic oxidation sites excluding steroid dienone is 1. The zero-order valence-corrected chi connectivity index (χ0v) is 28.7. The largest absolute Gasteiger partial charge is 0.460 e. The van der Waals surface area contributed by atoms with E-state index in [-0.39, 0.29) is 48.7 Å². The van der Waals surface area contributed by atoms with E-state index in [2.05, 4.69) is 34.4 Å². The van der Waals surface area contributed by atoms with E-state index in [4.69, 9.17) is 9.47 Å². The molecule has 3 saturated heterocycles. The lowest BCUT2D eigenvalue weighted by molar-refractivity contribution is -0.159. The van der Waals surface area contributed by atoms with Gasteiger partial charge in [-0.3, -0.25) is 19.2 Å². The second kappa shape index (κ2) is 14.3. The van der Waals surface area contributed by atoms with Gasteiger partial charge in [-0.25, -0.2) is 0 Å². The highest BCUT2D eigenvalue weighted by Crippen LogP contribution is 2.61. The number of alkyl halides is 1. The molecule has 11 heteroatoms. The first kappa shape index (κ1) is 34.8. The molecule has 252 valence electrons. The third kappa shape index (κ3) is 6.37. The predicted molar refractivity (Wildman–Crippen MR) is 183 cm³/mol. The normalized spacial score (nSPS) is 27.4. The van der Waals surface area contributed by atoms with Gasteiger partial charge in [-0.2, -0.15) is 0 Å². The minimum absolute atomic E-state index is 0.108. The summed E-state index contributed by atoms with van der Waals surface area (Å²) in [7, 11) is 0. The van der Waals surface area contributed by atoms with E-state index in [9.17, 15) is 24.3 Å². The molecule has 1 unspecified atom stereocenters. The molecule has 3 amide bonds. The van der Waals surface area contributed by atoms with Crippen molar-refractivity contribution in [2.75, 3.05) is 24.6 Å². The van der Waals surface area contributed by atoms with Gasteiger partial charge in [-0.15, -0.1) is 13.2 Å². The molecule has 2 bridgehead atoms. The van der Waals surface area contributed by atoms with Crippen LogP contribution in [0.2, 0.25) is 0 Å². The number of carbonyl (C=O) groups excluding carboxylic acids is 4. The number of aliphatic hydroxyl groups excluding tert-OH is 1. The minimum Gasteiger partial charge on any atom is -0.460 e. The van der Waals surface area contributed by atoms with Crippen molar-refractivity contribution in [1.29, 1.82) is 0 Å². The number of anilines is 1. The van der Waals surface area contributed by atoms with Crippen LogP contribution in [0.25, 0.3) is 10.8 Å². The van der Waals surface area contributed by atoms with Crippen LogP contribution in [0.1, 0.15) is 40.0 Å². The lowest BCUT2D eigenvalue weighted by Gasteiger charge is -2.40. The maximum atomic E-state index is 14.9. The van der Waals surface area contributed by atoms with Gasteiger partial charge in [0.2, 0.25) is 11.8 Å². The molecule has 3 fully saturated rings. The number of aliphatic hydroxyl groups is 1. The maximum absolute atomic E-state index is 14.9. The molecule has 3 heterocycles. The van der Waals surface area contributed by atoms with E-state index < -0.39 is 53.6 Å². The summed E-state index contributed by atoms with van der Waals surface area (Å²) in [6.07, 6.45) is 3.05. The Morgan fingerprint density at radius 2 is 1.89 bits per heavy atom. The maximum Gasteiger partial charge on any atom is 0.312 e. The number of benzene rings is 2. The van der Waals surface area contributed by atoms with E-state index in [1.165, 1.54) is 4.90 Å². The van der Waals surface area contributed by atoms with Crippen molar-refractivity contribution in [2.45, 2.75) is 74.8 Å². The van der Waals surface area contributed by atoms with Crippen LogP contribution < -0.4 is 10.2 Å². The molecule has 3 aliphatic heterocycles. The van der Waals surface area contributed by atoms with Crippen molar-refractivity contribution in [3.8, 4) is 0 Å². The molecule has 2 aromatic carbocycles. The lowest BCUT2D eigenvalue weighted by atomic mass is 9.70. The number of nitrogens with one attached hydrogen (secondary N) is 1. The molecule has 1 spiro atoms. The van der Waals surface area contributed by atoms with Crippen LogP contribution >= 0.6 is 15.9 Å². The Morgan fingerprint density at radius 3 is 2.55 bits per heavy atom. The number of carbonyl (C=O) groups is 4. The van der Waals surface area contributed by atoms with Crippen molar-refractivity contribution in [3.63, 3.8) is 0 Å². The summed E-state index contributed by atoms with van der Waals surface area (Å²) in [5.41, 5.74) is -0.703. The van der Waals surface area contributed by atoms with Gasteiger partial charge in [0, 0.05) is 23.5 Å². The summed E-state index contributed by atoms with van der Waals surface area (Å²) in [6, 6.07) is 11.8. The fraction of sp³-hybridized carbons (Fsp3) is 0.500. The van der Waals surface area contributed by atoms with Gasteiger partial charge >= 0.3 is 5.97 Å². The summed E-state index contributed by atoms with van der Waals surface area (Å²) >= 11 is 3.70. The number of fused-ring (bicyclic) bond motifs is 2. The molecule has 10 nitrogen and oxygen atoms in total. The summed E-state index contributed by atoms with van der Waals surface area (Å²) in [4.78, 5) is 58.2. The van der Waals surface area contributed by atoms with E-state index in [1.807, 2.05) is 56.3 Å². The summed E-state index contributed by atoms with van der Waals surface area (Å²) in [5, 5.41) is 15.3. The quantitative estimate of drug-likeness (QED) is 0.172. The van der Waals surface area contributed by atoms with E-state index in [1.54, 1.807) is 24.0 Å². The van der Waals surface area contributed by atoms with Crippen LogP contribution in [-0.2, 0) is 28.7 Å². The van der Waals surface area contributed by atoms with Gasteiger partial charge in [0.25, 0.3) is 5.91 Å². The van der Waals surface area contributed by atoms with Crippen LogP contribution in [0, 0.1) is 17.8 Å². The molecule has 3 aliphatic rings. The third-order valence-corrected chi connectivity index (χ3v) is 10.5. The Balaban J connectivity index is 1.50. The highest BCUT2D eigenvalue weighted by Gasteiger charge is 2.77. The summed E-state index contributed by atoms with van der Waals surface area (Å²) in [5.74, 6) is -3.77. The second-order valence-corrected chi connectivity index (χ2v) is 14.2. The van der Waals surface area contributed by atoms with Crippen LogP contribution in [0.4, 0.5) is 5.69 Å². The SMILES string of the molecule is C=CCCC(=O)NC[C@H](C)OC(=O)[C@H]1[C@@H]2O[C@@]3(CC2Br)[C@@H]1C(=O)N([C@@H](CO)C(C)C)[C@@H]3C(=O)N(CC=C)c1ccc2ccccc2c1. The van der Waals surface area contributed by atoms with Crippen LogP contribution in [0.15, 0.2) is 67.8 Å². The van der Waals surface area contributed by atoms with Gasteiger partial charge in [0.1, 0.15) is 17.7 Å². The molecular formula is C36H44BrN3O7. The topological polar surface area (TPSA) is 125 Å². The fourth-order valence-corrected chi connectivity index (χ4v) is 8.38. The Kier molecular flexibility index (Phi) is 10.6. The van der Waals surface area contributed by atoms with Crippen LogP contribution in [0.5, 0.6) is 0 Å². The summed E-state index contributed by atoms with van der Waals surface area (Å²) in [6.45, 7) is 12.9. The lowest BCUT2D eigenvalue weighted by Crippen LogP contribution is -2.60. The average molecular weight is 711 g/mol. The molecule has 47 heavy (non-hydrogen) atoms. The Morgan fingerprint density at radius 1 is 1.17 bits per heavy atom. The molecule has 0 radical (unpaired) electrons. The number of ether oxygens (including phenoxy) is 2. The highest BCUT2D eigenvalue weighted by molar-refractivity contribution is 9.09. The minimum atomic E-state index is -1.34. The van der Waals surface area contributed by atoms with Crippen molar-refractivity contribution >= 4 is 56.1 Å². The summed E-state index contributed by atoms with van der Waals surface area (Å²) < 4.78 is 12.5. The van der Waals surface area contributed by atoms with Gasteiger partial charge in [-0.05, 0) is 48.6 Å². The molecule has 5 rings (SSSR count). The first-order valence-electron chi connectivity index (χ1n) is 16.2. The van der Waals surface area contributed by atoms with Gasteiger partial charge in [-0.1, -0.05) is 72.3 Å². The Hall–Kier alpha value is -3.54.